The molecule has 0 saturated heterocycles. The van der Waals surface area contributed by atoms with Gasteiger partial charge in [0.15, 0.2) is 5.13 Å². The Bertz CT molecular complexity index is 571. The van der Waals surface area contributed by atoms with E-state index in [2.05, 4.69) is 10.3 Å². The summed E-state index contributed by atoms with van der Waals surface area (Å²) in [6, 6.07) is 7.84. The van der Waals surface area contributed by atoms with Crippen molar-refractivity contribution in [3.05, 3.63) is 39.7 Å². The average molecular weight is 312 g/mol. The fourth-order valence-corrected chi connectivity index (χ4v) is 2.89. The molecule has 6 heteroatoms. The molecule has 0 aliphatic heterocycles. The van der Waals surface area contributed by atoms with E-state index in [9.17, 15) is 0 Å². The first-order valence-corrected chi connectivity index (χ1v) is 7.45. The van der Waals surface area contributed by atoms with Gasteiger partial charge in [-0.25, -0.2) is 0 Å². The SMILES string of the molecule is COc1nc(N(C)C)sc1CNCc1cccc(Cl)c1. The van der Waals surface area contributed by atoms with Gasteiger partial charge in [-0.15, -0.1) is 0 Å². The van der Waals surface area contributed by atoms with Crippen LogP contribution in [0, 0.1) is 0 Å². The number of thiazole rings is 1. The van der Waals surface area contributed by atoms with Crippen molar-refractivity contribution in [3.63, 3.8) is 0 Å². The second-order valence-corrected chi connectivity index (χ2v) is 6.06. The van der Waals surface area contributed by atoms with Crippen molar-refractivity contribution in [2.75, 3.05) is 26.1 Å². The number of hydrogen-bond acceptors (Lipinski definition) is 5. The third-order valence-corrected chi connectivity index (χ3v) is 4.17. The van der Waals surface area contributed by atoms with Gasteiger partial charge in [0.2, 0.25) is 5.88 Å². The number of benzene rings is 1. The number of hydrogen-bond donors (Lipinski definition) is 1. The van der Waals surface area contributed by atoms with Gasteiger partial charge in [-0.05, 0) is 17.7 Å². The average Bonchev–Trinajstić information content (AvgIpc) is 2.82. The van der Waals surface area contributed by atoms with Gasteiger partial charge < -0.3 is 15.0 Å². The van der Waals surface area contributed by atoms with Crippen molar-refractivity contribution < 1.29 is 4.74 Å². The van der Waals surface area contributed by atoms with Crippen LogP contribution in [-0.2, 0) is 13.1 Å². The van der Waals surface area contributed by atoms with Gasteiger partial charge in [0.05, 0.1) is 12.0 Å². The van der Waals surface area contributed by atoms with Crippen LogP contribution in [0.4, 0.5) is 5.13 Å². The highest BCUT2D eigenvalue weighted by Gasteiger charge is 2.12. The lowest BCUT2D eigenvalue weighted by Crippen LogP contribution is -2.12. The van der Waals surface area contributed by atoms with Crippen molar-refractivity contribution in [3.8, 4) is 5.88 Å². The van der Waals surface area contributed by atoms with Gasteiger partial charge in [0, 0.05) is 32.2 Å². The van der Waals surface area contributed by atoms with Gasteiger partial charge in [-0.2, -0.15) is 4.98 Å². The third-order valence-electron chi connectivity index (χ3n) is 2.73. The minimum atomic E-state index is 0.692. The Morgan fingerprint density at radius 2 is 2.15 bits per heavy atom. The summed E-state index contributed by atoms with van der Waals surface area (Å²) < 4.78 is 5.31. The Morgan fingerprint density at radius 1 is 1.35 bits per heavy atom. The largest absolute Gasteiger partial charge is 0.480 e. The van der Waals surface area contributed by atoms with Crippen LogP contribution in [0.1, 0.15) is 10.4 Å². The lowest BCUT2D eigenvalue weighted by Gasteiger charge is -2.05. The summed E-state index contributed by atoms with van der Waals surface area (Å²) in [5.74, 6) is 0.692. The summed E-state index contributed by atoms with van der Waals surface area (Å²) >= 11 is 7.60. The number of anilines is 1. The topological polar surface area (TPSA) is 37.4 Å². The second kappa shape index (κ2) is 6.92. The van der Waals surface area contributed by atoms with Gasteiger partial charge in [-0.1, -0.05) is 35.1 Å². The summed E-state index contributed by atoms with van der Waals surface area (Å²) in [6.07, 6.45) is 0. The highest BCUT2D eigenvalue weighted by Crippen LogP contribution is 2.30. The zero-order valence-electron chi connectivity index (χ0n) is 11.8. The Balaban J connectivity index is 1.97. The van der Waals surface area contributed by atoms with Crippen molar-refractivity contribution >= 4 is 28.1 Å². The summed E-state index contributed by atoms with van der Waals surface area (Å²) in [6.45, 7) is 1.49. The molecule has 1 aromatic carbocycles. The number of aromatic nitrogens is 1. The third kappa shape index (κ3) is 3.85. The predicted octanol–water partition coefficient (Wildman–Crippen LogP) is 3.16. The smallest absolute Gasteiger partial charge is 0.230 e. The van der Waals surface area contributed by atoms with Crippen molar-refractivity contribution in [1.29, 1.82) is 0 Å². The van der Waals surface area contributed by atoms with Crippen LogP contribution < -0.4 is 15.0 Å². The fourth-order valence-electron chi connectivity index (χ4n) is 1.76. The van der Waals surface area contributed by atoms with Crippen LogP contribution >= 0.6 is 22.9 Å². The molecular weight excluding hydrogens is 294 g/mol. The molecule has 0 aliphatic rings. The molecule has 1 heterocycles. The number of halogens is 1. The lowest BCUT2D eigenvalue weighted by molar-refractivity contribution is 0.394. The molecule has 0 amide bonds. The van der Waals surface area contributed by atoms with Crippen LogP contribution in [0.25, 0.3) is 0 Å². The maximum Gasteiger partial charge on any atom is 0.230 e. The zero-order chi connectivity index (χ0) is 14.5. The molecule has 2 aromatic rings. The Hall–Kier alpha value is -1.30. The van der Waals surface area contributed by atoms with E-state index in [1.165, 1.54) is 0 Å². The quantitative estimate of drug-likeness (QED) is 0.889. The second-order valence-electron chi connectivity index (χ2n) is 4.56. The summed E-state index contributed by atoms with van der Waals surface area (Å²) in [4.78, 5) is 7.50. The van der Waals surface area contributed by atoms with Gasteiger partial charge >= 0.3 is 0 Å². The van der Waals surface area contributed by atoms with Gasteiger partial charge in [0.1, 0.15) is 0 Å². The first kappa shape index (κ1) is 15.1. The molecule has 0 saturated carbocycles. The Morgan fingerprint density at radius 3 is 2.80 bits per heavy atom. The first-order chi connectivity index (χ1) is 9.60. The molecule has 20 heavy (non-hydrogen) atoms. The number of rotatable bonds is 6. The van der Waals surface area contributed by atoms with Gasteiger partial charge in [0.25, 0.3) is 0 Å². The molecule has 1 aromatic heterocycles. The van der Waals surface area contributed by atoms with Gasteiger partial charge in [-0.3, -0.25) is 0 Å². The zero-order valence-corrected chi connectivity index (χ0v) is 13.4. The highest BCUT2D eigenvalue weighted by molar-refractivity contribution is 7.15. The molecular formula is C14H18ClN3OS. The van der Waals surface area contributed by atoms with E-state index >= 15 is 0 Å². The molecule has 0 radical (unpaired) electrons. The summed E-state index contributed by atoms with van der Waals surface area (Å²) in [7, 11) is 5.60. The maximum absolute atomic E-state index is 5.97. The van der Waals surface area contributed by atoms with E-state index in [1.54, 1.807) is 18.4 Å². The Kier molecular flexibility index (Phi) is 5.23. The van der Waals surface area contributed by atoms with Crippen molar-refractivity contribution in [1.82, 2.24) is 10.3 Å². The van der Waals surface area contributed by atoms with E-state index in [0.717, 1.165) is 33.7 Å². The van der Waals surface area contributed by atoms with E-state index in [-0.39, 0.29) is 0 Å². The van der Waals surface area contributed by atoms with Crippen molar-refractivity contribution in [2.45, 2.75) is 13.1 Å². The molecule has 0 atom stereocenters. The molecule has 0 unspecified atom stereocenters. The van der Waals surface area contributed by atoms with Crippen LogP contribution in [0.5, 0.6) is 5.88 Å². The van der Waals surface area contributed by atoms with Crippen LogP contribution in [-0.4, -0.2) is 26.2 Å². The maximum atomic E-state index is 5.97. The normalized spacial score (nSPS) is 10.6. The lowest BCUT2D eigenvalue weighted by atomic mass is 10.2. The molecule has 0 aliphatic carbocycles. The standard InChI is InChI=1S/C14H18ClN3OS/c1-18(2)14-17-13(19-3)12(20-14)9-16-8-10-5-4-6-11(15)7-10/h4-7,16H,8-9H2,1-3H3. The molecule has 1 N–H and O–H groups in total. The van der Waals surface area contributed by atoms with Crippen molar-refractivity contribution in [2.24, 2.45) is 0 Å². The van der Waals surface area contributed by atoms with E-state index in [1.807, 2.05) is 43.3 Å². The van der Waals surface area contributed by atoms with Crippen LogP contribution in [0.2, 0.25) is 5.02 Å². The summed E-state index contributed by atoms with van der Waals surface area (Å²) in [5.41, 5.74) is 1.16. The van der Waals surface area contributed by atoms with Crippen LogP contribution in [0.3, 0.4) is 0 Å². The summed E-state index contributed by atoms with van der Waals surface area (Å²) in [5, 5.41) is 5.09. The predicted molar refractivity (Wildman–Crippen MR) is 85.0 cm³/mol. The molecule has 4 nitrogen and oxygen atoms in total. The number of methoxy groups -OCH3 is 1. The van der Waals surface area contributed by atoms with Crippen LogP contribution in [0.15, 0.2) is 24.3 Å². The Labute approximate surface area is 128 Å². The molecule has 0 fully saturated rings. The molecule has 0 spiro atoms. The number of nitrogens with one attached hydrogen (secondary N) is 1. The first-order valence-electron chi connectivity index (χ1n) is 6.26. The minimum Gasteiger partial charge on any atom is -0.480 e. The van der Waals surface area contributed by atoms with E-state index in [4.69, 9.17) is 16.3 Å². The van der Waals surface area contributed by atoms with E-state index < -0.39 is 0 Å². The fraction of sp³-hybridized carbons (Fsp3) is 0.357. The number of nitrogens with zero attached hydrogens (tertiary/aromatic N) is 2. The minimum absolute atomic E-state index is 0.692. The molecule has 2 rings (SSSR count). The van der Waals surface area contributed by atoms with E-state index in [0.29, 0.717) is 5.88 Å². The number of ether oxygens (including phenoxy) is 1. The molecule has 108 valence electrons. The highest BCUT2D eigenvalue weighted by atomic mass is 35.5. The monoisotopic (exact) mass is 311 g/mol. The molecule has 0 bridgehead atoms.